The molecule has 34 heavy (non-hydrogen) atoms. The van der Waals surface area contributed by atoms with Gasteiger partial charge in [-0.2, -0.15) is 13.2 Å². The van der Waals surface area contributed by atoms with Gasteiger partial charge in [0.1, 0.15) is 11.7 Å². The van der Waals surface area contributed by atoms with Crippen LogP contribution in [0, 0.1) is 0 Å². The lowest BCUT2D eigenvalue weighted by Gasteiger charge is -2.30. The molecule has 5 rings (SSSR count). The highest BCUT2D eigenvalue weighted by Gasteiger charge is 2.46. The quantitative estimate of drug-likeness (QED) is 0.464. The van der Waals surface area contributed by atoms with Gasteiger partial charge in [-0.25, -0.2) is 4.98 Å². The van der Waals surface area contributed by atoms with Crippen molar-refractivity contribution >= 4 is 16.6 Å². The smallest absolute Gasteiger partial charge is 0.326 e. The molecule has 4 aromatic rings. The Bertz CT molecular complexity index is 1350. The molecular weight excluding hydrogens is 441 g/mol. The molecule has 4 heterocycles. The van der Waals surface area contributed by atoms with E-state index >= 15 is 0 Å². The molecule has 9 heteroatoms. The largest absolute Gasteiger partial charge is 0.408 e. The lowest BCUT2D eigenvalue weighted by molar-refractivity contribution is -0.183. The number of aromatic nitrogens is 4. The SMILES string of the molecule is CC(C)(C)c1cccc2ccc(-c3nnc4ccc([C@@H](N5CCC(N)C5)C(F)(F)F)cn34)nc12. The highest BCUT2D eigenvalue weighted by molar-refractivity contribution is 5.84. The summed E-state index contributed by atoms with van der Waals surface area (Å²) in [4.78, 5) is 6.27. The van der Waals surface area contributed by atoms with Gasteiger partial charge in [0.25, 0.3) is 0 Å². The van der Waals surface area contributed by atoms with Crippen molar-refractivity contribution in [3.8, 4) is 11.5 Å². The first-order valence-corrected chi connectivity index (χ1v) is 11.3. The third-order valence-corrected chi connectivity index (χ3v) is 6.43. The van der Waals surface area contributed by atoms with Crippen LogP contribution in [-0.4, -0.2) is 49.8 Å². The fraction of sp³-hybridized carbons (Fsp3) is 0.400. The van der Waals surface area contributed by atoms with Crippen molar-refractivity contribution in [2.24, 2.45) is 5.73 Å². The summed E-state index contributed by atoms with van der Waals surface area (Å²) < 4.78 is 44.0. The van der Waals surface area contributed by atoms with E-state index < -0.39 is 12.2 Å². The normalized spacial score (nSPS) is 18.7. The second kappa shape index (κ2) is 8.02. The van der Waals surface area contributed by atoms with E-state index in [0.717, 1.165) is 16.5 Å². The van der Waals surface area contributed by atoms with E-state index in [2.05, 4.69) is 31.0 Å². The predicted molar refractivity (Wildman–Crippen MR) is 125 cm³/mol. The molecule has 2 N–H and O–H groups in total. The lowest BCUT2D eigenvalue weighted by atomic mass is 9.85. The molecule has 1 aromatic carbocycles. The van der Waals surface area contributed by atoms with Gasteiger partial charge in [0.2, 0.25) is 0 Å². The Morgan fingerprint density at radius 3 is 2.50 bits per heavy atom. The van der Waals surface area contributed by atoms with Crippen LogP contribution in [0.25, 0.3) is 28.1 Å². The molecule has 0 bridgehead atoms. The zero-order valence-electron chi connectivity index (χ0n) is 19.3. The Morgan fingerprint density at radius 1 is 1.03 bits per heavy atom. The van der Waals surface area contributed by atoms with Crippen LogP contribution in [0.4, 0.5) is 13.2 Å². The maximum absolute atomic E-state index is 14.1. The number of nitrogens with two attached hydrogens (primary N) is 1. The number of hydrogen-bond acceptors (Lipinski definition) is 5. The van der Waals surface area contributed by atoms with E-state index in [9.17, 15) is 13.2 Å². The Balaban J connectivity index is 1.63. The Morgan fingerprint density at radius 2 is 1.82 bits per heavy atom. The van der Waals surface area contributed by atoms with Crippen molar-refractivity contribution in [2.75, 3.05) is 13.1 Å². The van der Waals surface area contributed by atoms with Gasteiger partial charge in [0, 0.05) is 30.7 Å². The summed E-state index contributed by atoms with van der Waals surface area (Å²) in [5.41, 5.74) is 8.86. The molecule has 0 saturated carbocycles. The van der Waals surface area contributed by atoms with E-state index in [-0.39, 0.29) is 23.6 Å². The number of rotatable bonds is 3. The second-order valence-corrected chi connectivity index (χ2v) is 10.0. The number of alkyl halides is 3. The van der Waals surface area contributed by atoms with Crippen LogP contribution in [0.1, 0.15) is 44.4 Å². The van der Waals surface area contributed by atoms with Gasteiger partial charge in [-0.15, -0.1) is 10.2 Å². The lowest BCUT2D eigenvalue weighted by Crippen LogP contribution is -2.38. The molecule has 1 aliphatic heterocycles. The zero-order valence-corrected chi connectivity index (χ0v) is 19.3. The van der Waals surface area contributed by atoms with Crippen molar-refractivity contribution in [3.05, 3.63) is 59.8 Å². The fourth-order valence-electron chi connectivity index (χ4n) is 4.78. The maximum Gasteiger partial charge on any atom is 0.408 e. The van der Waals surface area contributed by atoms with E-state index in [0.29, 0.717) is 30.1 Å². The molecule has 1 saturated heterocycles. The third kappa shape index (κ3) is 4.03. The van der Waals surface area contributed by atoms with E-state index in [1.807, 2.05) is 30.3 Å². The molecule has 6 nitrogen and oxygen atoms in total. The van der Waals surface area contributed by atoms with Gasteiger partial charge in [0.15, 0.2) is 11.5 Å². The summed E-state index contributed by atoms with van der Waals surface area (Å²) in [6.07, 6.45) is -2.41. The van der Waals surface area contributed by atoms with Crippen molar-refractivity contribution in [2.45, 2.75) is 50.9 Å². The number of fused-ring (bicyclic) bond motifs is 2. The Hall–Kier alpha value is -3.04. The Labute approximate surface area is 195 Å². The first-order valence-electron chi connectivity index (χ1n) is 11.3. The minimum atomic E-state index is -4.44. The van der Waals surface area contributed by atoms with Crippen LogP contribution in [0.2, 0.25) is 0 Å². The first kappa shape index (κ1) is 22.7. The summed E-state index contributed by atoms with van der Waals surface area (Å²) in [5.74, 6) is 0.404. The maximum atomic E-state index is 14.1. The van der Waals surface area contributed by atoms with Crippen LogP contribution in [0.15, 0.2) is 48.7 Å². The monoisotopic (exact) mass is 468 g/mol. The number of para-hydroxylation sites is 1. The number of pyridine rings is 2. The highest BCUT2D eigenvalue weighted by atomic mass is 19.4. The molecule has 0 amide bonds. The van der Waals surface area contributed by atoms with E-state index in [1.165, 1.54) is 17.2 Å². The standard InChI is InChI=1S/C25H27F3N6/c1-24(2,3)18-6-4-5-15-7-9-19(30-21(15)18)23-32-31-20-10-8-16(13-34(20)23)22(25(26,27)28)33-12-11-17(29)14-33/h4-10,13,17,22H,11-12,14,29H2,1-3H3/t17?,22-/m1/s1. The second-order valence-electron chi connectivity index (χ2n) is 10.0. The molecular formula is C25H27F3N6. The first-order chi connectivity index (χ1) is 16.0. The zero-order chi connectivity index (χ0) is 24.3. The molecule has 2 atom stereocenters. The van der Waals surface area contributed by atoms with E-state index in [4.69, 9.17) is 10.7 Å². The molecule has 0 aliphatic carbocycles. The van der Waals surface area contributed by atoms with Crippen molar-refractivity contribution < 1.29 is 13.2 Å². The number of benzene rings is 1. The van der Waals surface area contributed by atoms with Gasteiger partial charge >= 0.3 is 6.18 Å². The van der Waals surface area contributed by atoms with Gasteiger partial charge in [-0.3, -0.25) is 9.30 Å². The fourth-order valence-corrected chi connectivity index (χ4v) is 4.78. The number of nitrogens with zero attached hydrogens (tertiary/aromatic N) is 5. The van der Waals surface area contributed by atoms with Crippen molar-refractivity contribution in [3.63, 3.8) is 0 Å². The van der Waals surface area contributed by atoms with Gasteiger partial charge in [-0.05, 0) is 35.1 Å². The van der Waals surface area contributed by atoms with Crippen molar-refractivity contribution in [1.82, 2.24) is 24.5 Å². The van der Waals surface area contributed by atoms with Crippen LogP contribution >= 0.6 is 0 Å². The van der Waals surface area contributed by atoms with Crippen LogP contribution in [0.3, 0.4) is 0 Å². The minimum Gasteiger partial charge on any atom is -0.326 e. The van der Waals surface area contributed by atoms with Gasteiger partial charge < -0.3 is 5.73 Å². The summed E-state index contributed by atoms with van der Waals surface area (Å²) in [6.45, 7) is 6.88. The molecule has 1 unspecified atom stereocenters. The van der Waals surface area contributed by atoms with E-state index in [1.54, 1.807) is 10.5 Å². The molecule has 1 aliphatic rings. The summed E-state index contributed by atoms with van der Waals surface area (Å²) in [7, 11) is 0. The summed E-state index contributed by atoms with van der Waals surface area (Å²) in [5, 5.41) is 9.44. The minimum absolute atomic E-state index is 0.123. The third-order valence-electron chi connectivity index (χ3n) is 6.43. The van der Waals surface area contributed by atoms with Crippen molar-refractivity contribution in [1.29, 1.82) is 0 Å². The average molecular weight is 469 g/mol. The number of likely N-dealkylation sites (tertiary alicyclic amines) is 1. The molecule has 3 aromatic heterocycles. The Kier molecular flexibility index (Phi) is 5.37. The van der Waals surface area contributed by atoms with Crippen LogP contribution < -0.4 is 5.73 Å². The topological polar surface area (TPSA) is 72.3 Å². The van der Waals surface area contributed by atoms with Crippen LogP contribution in [0.5, 0.6) is 0 Å². The summed E-state index contributed by atoms with van der Waals surface area (Å²) >= 11 is 0. The van der Waals surface area contributed by atoms with Gasteiger partial charge in [0.05, 0.1) is 5.52 Å². The molecule has 1 fully saturated rings. The summed E-state index contributed by atoms with van der Waals surface area (Å²) in [6, 6.07) is 10.9. The number of halogens is 3. The highest BCUT2D eigenvalue weighted by Crippen LogP contribution is 2.39. The average Bonchev–Trinajstić information content (AvgIpc) is 3.37. The number of hydrogen-bond donors (Lipinski definition) is 1. The van der Waals surface area contributed by atoms with Crippen LogP contribution in [-0.2, 0) is 5.41 Å². The molecule has 178 valence electrons. The predicted octanol–water partition coefficient (Wildman–Crippen LogP) is 4.88. The van der Waals surface area contributed by atoms with Gasteiger partial charge in [-0.1, -0.05) is 51.1 Å². The molecule has 0 radical (unpaired) electrons. The molecule has 0 spiro atoms.